The smallest absolute Gasteiger partial charge is 0.345 e. The molecule has 0 amide bonds. The highest BCUT2D eigenvalue weighted by molar-refractivity contribution is 5.88. The number of pyridine rings is 1. The van der Waals surface area contributed by atoms with Crippen molar-refractivity contribution in [3.8, 4) is 17.2 Å². The summed E-state index contributed by atoms with van der Waals surface area (Å²) in [6, 6.07) is 6.16. The molecule has 12 heteroatoms. The van der Waals surface area contributed by atoms with Gasteiger partial charge in [0.05, 0.1) is 36.5 Å². The van der Waals surface area contributed by atoms with Crippen molar-refractivity contribution in [2.75, 3.05) is 13.7 Å². The van der Waals surface area contributed by atoms with Crippen molar-refractivity contribution < 1.29 is 38.4 Å². The van der Waals surface area contributed by atoms with Crippen LogP contribution in [0.5, 0.6) is 11.5 Å². The van der Waals surface area contributed by atoms with Crippen LogP contribution in [0.1, 0.15) is 151 Å². The highest BCUT2D eigenvalue weighted by atomic mass is 16.6. The number of aliphatic imine (C=N–C) groups is 1. The van der Waals surface area contributed by atoms with Crippen LogP contribution < -0.4 is 9.47 Å². The number of allylic oxidation sites excluding steroid dienone is 6. The molecule has 0 fully saturated rings. The van der Waals surface area contributed by atoms with Crippen LogP contribution in [0.15, 0.2) is 59.4 Å². The van der Waals surface area contributed by atoms with E-state index in [1.807, 2.05) is 104 Å². The zero-order chi connectivity index (χ0) is 46.1. The number of unbranched alkanes of at least 4 members (excludes halogenated alkanes) is 1. The monoisotopic (exact) mass is 847 g/mol. The number of nitrogens with zero attached hydrogens (tertiary/aromatic N) is 4. The van der Waals surface area contributed by atoms with E-state index >= 15 is 0 Å². The topological polar surface area (TPSA) is 151 Å². The average Bonchev–Trinajstić information content (AvgIpc) is 3.55. The quantitative estimate of drug-likeness (QED) is 0.0661. The number of hydrogen-bond donors (Lipinski definition) is 1. The molecule has 0 saturated carbocycles. The molecule has 0 spiro atoms. The lowest BCUT2D eigenvalue weighted by Gasteiger charge is -2.21. The number of carboxylic acids is 1. The summed E-state index contributed by atoms with van der Waals surface area (Å²) < 4.78 is 23.6. The molecule has 3 rings (SSSR count). The number of ether oxygens (including phenoxy) is 4. The zero-order valence-corrected chi connectivity index (χ0v) is 39.5. The number of carboxylic acid groups (broad SMARTS) is 1. The van der Waals surface area contributed by atoms with Gasteiger partial charge in [-0.15, -0.1) is 0 Å². The van der Waals surface area contributed by atoms with Crippen LogP contribution in [0.3, 0.4) is 0 Å². The first-order valence-corrected chi connectivity index (χ1v) is 21.8. The molecule has 1 aromatic carbocycles. The van der Waals surface area contributed by atoms with Crippen molar-refractivity contribution in [1.29, 1.82) is 0 Å². The van der Waals surface area contributed by atoms with Crippen LogP contribution in [0.25, 0.3) is 22.2 Å². The van der Waals surface area contributed by atoms with E-state index in [4.69, 9.17) is 34.4 Å². The lowest BCUT2D eigenvalue weighted by molar-refractivity contribution is -0.164. The predicted molar refractivity (Wildman–Crippen MR) is 248 cm³/mol. The second-order valence-electron chi connectivity index (χ2n) is 15.6. The first-order valence-electron chi connectivity index (χ1n) is 21.8. The minimum Gasteiger partial charge on any atom is -0.494 e. The minimum absolute atomic E-state index is 0.0224. The Balaban J connectivity index is 0.000000660. The summed E-state index contributed by atoms with van der Waals surface area (Å²) in [6.45, 7) is 26.2. The van der Waals surface area contributed by atoms with Gasteiger partial charge in [-0.3, -0.25) is 19.6 Å². The molecule has 2 unspecified atom stereocenters. The van der Waals surface area contributed by atoms with Gasteiger partial charge in [-0.1, -0.05) is 79.5 Å². The van der Waals surface area contributed by atoms with Crippen LogP contribution in [-0.2, 0) is 23.9 Å². The fourth-order valence-electron chi connectivity index (χ4n) is 5.56. The van der Waals surface area contributed by atoms with E-state index in [2.05, 4.69) is 43.7 Å². The molecule has 0 aliphatic carbocycles. The number of esters is 2. The molecule has 0 aliphatic heterocycles. The number of aromatic nitrogens is 3. The summed E-state index contributed by atoms with van der Waals surface area (Å²) in [5.74, 6) is -0.0110. The van der Waals surface area contributed by atoms with E-state index in [1.54, 1.807) is 14.0 Å². The second kappa shape index (κ2) is 28.3. The Morgan fingerprint density at radius 1 is 0.934 bits per heavy atom. The zero-order valence-electron chi connectivity index (χ0n) is 39.5. The molecule has 2 atom stereocenters. The molecule has 1 N–H and O–H groups in total. The van der Waals surface area contributed by atoms with Crippen LogP contribution in [0.2, 0.25) is 0 Å². The summed E-state index contributed by atoms with van der Waals surface area (Å²) in [5, 5.41) is 14.4. The molecule has 3 aromatic rings. The van der Waals surface area contributed by atoms with Crippen molar-refractivity contribution in [2.24, 2.45) is 10.9 Å². The van der Waals surface area contributed by atoms with Crippen molar-refractivity contribution in [3.63, 3.8) is 0 Å². The Morgan fingerprint density at radius 2 is 1.62 bits per heavy atom. The van der Waals surface area contributed by atoms with E-state index in [0.29, 0.717) is 19.4 Å². The number of hydrogen-bond acceptors (Lipinski definition) is 10. The average molecular weight is 847 g/mol. The number of benzene rings is 1. The molecule has 61 heavy (non-hydrogen) atoms. The normalized spacial score (nSPS) is 13.0. The van der Waals surface area contributed by atoms with Gasteiger partial charge in [-0.05, 0) is 104 Å². The Kier molecular flexibility index (Phi) is 24.9. The largest absolute Gasteiger partial charge is 0.494 e. The van der Waals surface area contributed by atoms with Gasteiger partial charge >= 0.3 is 17.9 Å². The molecule has 0 radical (unpaired) electrons. The third kappa shape index (κ3) is 18.5. The van der Waals surface area contributed by atoms with Gasteiger partial charge in [0.25, 0.3) is 0 Å². The number of fused-ring (bicyclic) bond motifs is 1. The lowest BCUT2D eigenvalue weighted by atomic mass is 10.0. The van der Waals surface area contributed by atoms with Crippen LogP contribution in [0.4, 0.5) is 0 Å². The van der Waals surface area contributed by atoms with Gasteiger partial charge in [-0.2, -0.15) is 5.10 Å². The van der Waals surface area contributed by atoms with Crippen LogP contribution in [-0.4, -0.2) is 69.4 Å². The van der Waals surface area contributed by atoms with Gasteiger partial charge in [0.15, 0.2) is 6.10 Å². The third-order valence-electron chi connectivity index (χ3n) is 9.03. The number of carbonyl (C=O) groups excluding carboxylic acids is 2. The SMILES string of the molecule is CCC(C)C(=O)OC(C)(C)C.CCCC(=O)OC(CC)C(=O)O.C\C=C/C=N/C(CCC)=C(/C=C/CCC)c1cc2c(cn1)c(C)nn2-c1cc(OCCC)c(C)cc1OC. The molecular formula is C49H74N4O8. The first-order chi connectivity index (χ1) is 29.0. The summed E-state index contributed by atoms with van der Waals surface area (Å²) in [6.07, 6.45) is 18.1. The molecule has 338 valence electrons. The molecule has 2 heterocycles. The van der Waals surface area contributed by atoms with Crippen molar-refractivity contribution in [2.45, 2.75) is 160 Å². The van der Waals surface area contributed by atoms with Crippen molar-refractivity contribution in [3.05, 3.63) is 71.3 Å². The summed E-state index contributed by atoms with van der Waals surface area (Å²) in [7, 11) is 1.69. The fraction of sp³-hybridized carbons (Fsp3) is 0.551. The Labute approximate surface area is 365 Å². The maximum absolute atomic E-state index is 11.2. The lowest BCUT2D eigenvalue weighted by Crippen LogP contribution is -2.27. The third-order valence-corrected chi connectivity index (χ3v) is 9.03. The molecule has 0 saturated heterocycles. The summed E-state index contributed by atoms with van der Waals surface area (Å²) in [5.41, 5.74) is 6.33. The first kappa shape index (κ1) is 53.8. The van der Waals surface area contributed by atoms with Gasteiger partial charge in [0, 0.05) is 41.6 Å². The number of aliphatic carboxylic acids is 1. The van der Waals surface area contributed by atoms with Crippen LogP contribution >= 0.6 is 0 Å². The summed E-state index contributed by atoms with van der Waals surface area (Å²) in [4.78, 5) is 42.1. The fourth-order valence-corrected chi connectivity index (χ4v) is 5.56. The Morgan fingerprint density at radius 3 is 2.16 bits per heavy atom. The van der Waals surface area contributed by atoms with Gasteiger partial charge < -0.3 is 24.1 Å². The molecular weight excluding hydrogens is 773 g/mol. The highest BCUT2D eigenvalue weighted by Crippen LogP contribution is 2.35. The van der Waals surface area contributed by atoms with E-state index in [-0.39, 0.29) is 23.9 Å². The van der Waals surface area contributed by atoms with Gasteiger partial charge in [-0.25, -0.2) is 9.48 Å². The maximum Gasteiger partial charge on any atom is 0.345 e. The van der Waals surface area contributed by atoms with E-state index < -0.39 is 18.0 Å². The standard InChI is InChI=1S/C32H42N4O2.C9H18O2.C8H14O4/c1-8-12-14-16-25(27(15-10-3)33-17-13-9-2)28-20-29-26(22-34-28)24(6)35-36(29)30-21-31(38-18-11-4)23(5)19-32(30)37-7;1-6-7(2)8(10)11-9(3,4)5;1-3-5-7(9)12-6(4-2)8(10)11/h9,13-14,16-17,19-22H,8,10-12,15,18H2,1-7H3;7H,6H2,1-5H3;6H,3-5H2,1-2H3,(H,10,11)/b13-9-,16-14+,27-25-,33-17+;;. The van der Waals surface area contributed by atoms with Crippen molar-refractivity contribution in [1.82, 2.24) is 14.8 Å². The maximum atomic E-state index is 11.2. The minimum atomic E-state index is -1.08. The van der Waals surface area contributed by atoms with Crippen LogP contribution in [0, 0.1) is 19.8 Å². The molecule has 2 aromatic heterocycles. The highest BCUT2D eigenvalue weighted by Gasteiger charge is 2.21. The predicted octanol–water partition coefficient (Wildman–Crippen LogP) is 11.9. The molecule has 12 nitrogen and oxygen atoms in total. The summed E-state index contributed by atoms with van der Waals surface area (Å²) >= 11 is 0. The molecule has 0 aliphatic rings. The number of carbonyl (C=O) groups is 3. The van der Waals surface area contributed by atoms with Crippen molar-refractivity contribution >= 4 is 40.6 Å². The number of aryl methyl sites for hydroxylation is 2. The Bertz CT molecular complexity index is 1950. The van der Waals surface area contributed by atoms with Gasteiger partial charge in [0.1, 0.15) is 22.8 Å². The number of methoxy groups -OCH3 is 1. The molecule has 0 bridgehead atoms. The van der Waals surface area contributed by atoms with Gasteiger partial charge in [0.2, 0.25) is 0 Å². The number of rotatable bonds is 20. The second-order valence-corrected chi connectivity index (χ2v) is 15.6. The van der Waals surface area contributed by atoms with E-state index in [1.165, 1.54) is 0 Å². The Hall–Kier alpha value is -5.26. The van der Waals surface area contributed by atoms with E-state index in [9.17, 15) is 14.4 Å². The van der Waals surface area contributed by atoms with E-state index in [0.717, 1.165) is 94.8 Å².